The van der Waals surface area contributed by atoms with Crippen molar-refractivity contribution in [3.05, 3.63) is 57.5 Å². The lowest BCUT2D eigenvalue weighted by Crippen LogP contribution is -2.28. The number of hydrogen-bond donors (Lipinski definition) is 2. The Labute approximate surface area is 123 Å². The summed E-state index contributed by atoms with van der Waals surface area (Å²) >= 11 is 0. The van der Waals surface area contributed by atoms with Crippen LogP contribution >= 0.6 is 0 Å². The van der Waals surface area contributed by atoms with Crippen molar-refractivity contribution >= 4 is 17.4 Å². The summed E-state index contributed by atoms with van der Waals surface area (Å²) in [5, 5.41) is 5.41. The van der Waals surface area contributed by atoms with E-state index < -0.39 is 6.03 Å². The first-order valence-electron chi connectivity index (χ1n) is 6.70. The molecule has 2 rings (SSSR count). The van der Waals surface area contributed by atoms with Gasteiger partial charge in [0.1, 0.15) is 5.69 Å². The van der Waals surface area contributed by atoms with E-state index in [1.807, 2.05) is 32.0 Å². The van der Waals surface area contributed by atoms with Crippen molar-refractivity contribution < 1.29 is 4.79 Å². The fourth-order valence-electron chi connectivity index (χ4n) is 2.01. The molecule has 0 saturated carbocycles. The highest BCUT2D eigenvalue weighted by molar-refractivity contribution is 6.00. The Morgan fingerprint density at radius 1 is 1.05 bits per heavy atom. The van der Waals surface area contributed by atoms with Crippen LogP contribution in [0.3, 0.4) is 0 Å². The third kappa shape index (κ3) is 3.31. The third-order valence-corrected chi connectivity index (χ3v) is 3.36. The zero-order chi connectivity index (χ0) is 15.6. The summed E-state index contributed by atoms with van der Waals surface area (Å²) in [6.45, 7) is 5.66. The number of anilines is 2. The van der Waals surface area contributed by atoms with Gasteiger partial charge in [0.25, 0.3) is 5.56 Å². The van der Waals surface area contributed by atoms with Crippen LogP contribution in [0.4, 0.5) is 16.2 Å². The lowest BCUT2D eigenvalue weighted by Gasteiger charge is -2.12. The van der Waals surface area contributed by atoms with Crippen LogP contribution in [-0.4, -0.2) is 10.6 Å². The third-order valence-electron chi connectivity index (χ3n) is 3.36. The average Bonchev–Trinajstić information content (AvgIpc) is 2.43. The number of hydrogen-bond acceptors (Lipinski definition) is 2. The maximum absolute atomic E-state index is 12.1. The molecule has 1 aromatic heterocycles. The molecule has 1 aromatic carbocycles. The quantitative estimate of drug-likeness (QED) is 0.891. The Morgan fingerprint density at radius 2 is 1.76 bits per heavy atom. The van der Waals surface area contributed by atoms with Gasteiger partial charge in [-0.1, -0.05) is 12.1 Å². The van der Waals surface area contributed by atoms with E-state index in [2.05, 4.69) is 10.6 Å². The average molecular weight is 285 g/mol. The zero-order valence-electron chi connectivity index (χ0n) is 12.7. The predicted molar refractivity (Wildman–Crippen MR) is 85.0 cm³/mol. The summed E-state index contributed by atoms with van der Waals surface area (Å²) in [6.07, 6.45) is 1.67. The molecule has 21 heavy (non-hydrogen) atoms. The van der Waals surface area contributed by atoms with Crippen molar-refractivity contribution in [3.63, 3.8) is 0 Å². The second-order valence-corrected chi connectivity index (χ2v) is 5.19. The van der Waals surface area contributed by atoms with Crippen molar-refractivity contribution in [1.82, 2.24) is 4.57 Å². The van der Waals surface area contributed by atoms with E-state index >= 15 is 0 Å². The van der Waals surface area contributed by atoms with Gasteiger partial charge < -0.3 is 15.2 Å². The van der Waals surface area contributed by atoms with Gasteiger partial charge in [-0.2, -0.15) is 0 Å². The van der Waals surface area contributed by atoms with Crippen LogP contribution in [0.2, 0.25) is 0 Å². The Kier molecular flexibility index (Phi) is 4.12. The first-order chi connectivity index (χ1) is 9.88. The second-order valence-electron chi connectivity index (χ2n) is 5.19. The second kappa shape index (κ2) is 5.83. The van der Waals surface area contributed by atoms with Gasteiger partial charge in [0.05, 0.1) is 0 Å². The van der Waals surface area contributed by atoms with Crippen molar-refractivity contribution in [3.8, 4) is 0 Å². The number of carbonyl (C=O) groups excluding carboxylic acids is 1. The van der Waals surface area contributed by atoms with Gasteiger partial charge in [-0.05, 0) is 49.6 Å². The number of nitrogens with one attached hydrogen (secondary N) is 2. The van der Waals surface area contributed by atoms with Crippen molar-refractivity contribution in [2.75, 3.05) is 10.6 Å². The molecule has 110 valence electrons. The van der Waals surface area contributed by atoms with Gasteiger partial charge in [-0.25, -0.2) is 4.79 Å². The number of benzene rings is 1. The number of pyridine rings is 1. The molecule has 0 atom stereocenters. The van der Waals surface area contributed by atoms with Gasteiger partial charge in [0, 0.05) is 18.9 Å². The molecule has 0 aliphatic heterocycles. The molecule has 0 aliphatic rings. The van der Waals surface area contributed by atoms with Gasteiger partial charge >= 0.3 is 6.03 Å². The maximum atomic E-state index is 12.1. The predicted octanol–water partition coefficient (Wildman–Crippen LogP) is 2.95. The number of nitrogens with zero attached hydrogens (tertiary/aromatic N) is 1. The van der Waals surface area contributed by atoms with Crippen LogP contribution in [0.25, 0.3) is 0 Å². The van der Waals surface area contributed by atoms with Gasteiger partial charge in [0.2, 0.25) is 0 Å². The number of aryl methyl sites for hydroxylation is 4. The Morgan fingerprint density at radius 3 is 2.48 bits per heavy atom. The summed E-state index contributed by atoms with van der Waals surface area (Å²) in [6, 6.07) is 7.18. The number of aromatic nitrogens is 1. The van der Waals surface area contributed by atoms with Gasteiger partial charge in [0.15, 0.2) is 0 Å². The van der Waals surface area contributed by atoms with Crippen LogP contribution in [0, 0.1) is 20.8 Å². The van der Waals surface area contributed by atoms with E-state index in [-0.39, 0.29) is 5.56 Å². The van der Waals surface area contributed by atoms with E-state index in [4.69, 9.17) is 0 Å². The van der Waals surface area contributed by atoms with Crippen molar-refractivity contribution in [2.24, 2.45) is 7.05 Å². The summed E-state index contributed by atoms with van der Waals surface area (Å²) < 4.78 is 1.43. The minimum absolute atomic E-state index is 0.230. The van der Waals surface area contributed by atoms with E-state index in [1.54, 1.807) is 26.2 Å². The van der Waals surface area contributed by atoms with E-state index in [1.165, 1.54) is 4.57 Å². The number of urea groups is 1. The highest BCUT2D eigenvalue weighted by Gasteiger charge is 2.10. The number of carbonyl (C=O) groups is 1. The molecule has 0 radical (unpaired) electrons. The highest BCUT2D eigenvalue weighted by atomic mass is 16.2. The molecule has 0 unspecified atom stereocenters. The zero-order valence-corrected chi connectivity index (χ0v) is 12.7. The fraction of sp³-hybridized carbons (Fsp3) is 0.250. The molecule has 0 saturated heterocycles. The Balaban J connectivity index is 2.22. The molecule has 0 spiro atoms. The Bertz CT molecular complexity index is 748. The molecule has 2 amide bonds. The van der Waals surface area contributed by atoms with Gasteiger partial charge in [-0.15, -0.1) is 0 Å². The molecule has 2 N–H and O–H groups in total. The molecule has 5 nitrogen and oxygen atoms in total. The van der Waals surface area contributed by atoms with Crippen molar-refractivity contribution in [1.29, 1.82) is 0 Å². The van der Waals surface area contributed by atoms with Gasteiger partial charge in [-0.3, -0.25) is 4.79 Å². The normalized spacial score (nSPS) is 10.3. The maximum Gasteiger partial charge on any atom is 0.323 e. The SMILES string of the molecule is Cc1ccc(C)c(NC(=O)Nc2c(C)ccn(C)c2=O)c1. The minimum Gasteiger partial charge on any atom is -0.317 e. The van der Waals surface area contributed by atoms with Crippen molar-refractivity contribution in [2.45, 2.75) is 20.8 Å². The molecular weight excluding hydrogens is 266 g/mol. The van der Waals surface area contributed by atoms with E-state index in [0.717, 1.165) is 22.4 Å². The first kappa shape index (κ1) is 14.8. The molecule has 2 aromatic rings. The largest absolute Gasteiger partial charge is 0.323 e. The molecule has 0 aliphatic carbocycles. The number of rotatable bonds is 2. The Hall–Kier alpha value is -2.56. The van der Waals surface area contributed by atoms with E-state index in [0.29, 0.717) is 5.69 Å². The fourth-order valence-corrected chi connectivity index (χ4v) is 2.01. The lowest BCUT2D eigenvalue weighted by atomic mass is 10.1. The molecular formula is C16H19N3O2. The van der Waals surface area contributed by atoms with Crippen LogP contribution in [-0.2, 0) is 7.05 Å². The van der Waals surface area contributed by atoms with Crippen LogP contribution in [0.15, 0.2) is 35.3 Å². The molecule has 1 heterocycles. The topological polar surface area (TPSA) is 63.1 Å². The van der Waals surface area contributed by atoms with Crippen LogP contribution in [0.1, 0.15) is 16.7 Å². The summed E-state index contributed by atoms with van der Waals surface area (Å²) in [5.41, 5.74) is 3.55. The summed E-state index contributed by atoms with van der Waals surface area (Å²) in [5.74, 6) is 0. The minimum atomic E-state index is -0.421. The summed E-state index contributed by atoms with van der Waals surface area (Å²) in [7, 11) is 1.65. The van der Waals surface area contributed by atoms with E-state index in [9.17, 15) is 9.59 Å². The molecule has 0 bridgehead atoms. The smallest absolute Gasteiger partial charge is 0.317 e. The molecule has 0 fully saturated rings. The lowest BCUT2D eigenvalue weighted by molar-refractivity contribution is 0.262. The first-order valence-corrected chi connectivity index (χ1v) is 6.70. The highest BCUT2D eigenvalue weighted by Crippen LogP contribution is 2.17. The monoisotopic (exact) mass is 285 g/mol. The number of amides is 2. The molecule has 5 heteroatoms. The summed E-state index contributed by atoms with van der Waals surface area (Å²) in [4.78, 5) is 24.1. The van der Waals surface area contributed by atoms with Crippen LogP contribution in [0.5, 0.6) is 0 Å². The standard InChI is InChI=1S/C16H19N3O2/c1-10-5-6-11(2)13(9-10)17-16(21)18-14-12(3)7-8-19(4)15(14)20/h5-9H,1-4H3,(H2,17,18,21). The van der Waals surface area contributed by atoms with Crippen LogP contribution < -0.4 is 16.2 Å².